The summed E-state index contributed by atoms with van der Waals surface area (Å²) in [5.74, 6) is 1.08. The van der Waals surface area contributed by atoms with Crippen molar-refractivity contribution in [3.05, 3.63) is 65.2 Å². The Kier molecular flexibility index (Phi) is 9.51. The Balaban J connectivity index is 1.99. The van der Waals surface area contributed by atoms with E-state index in [0.717, 1.165) is 29.8 Å². The van der Waals surface area contributed by atoms with E-state index in [1.54, 1.807) is 19.2 Å². The number of hydrogen-bond donors (Lipinski definition) is 3. The van der Waals surface area contributed by atoms with E-state index in [2.05, 4.69) is 15.6 Å². The first-order valence-corrected chi connectivity index (χ1v) is 9.74. The third-order valence-electron chi connectivity index (χ3n) is 4.21. The van der Waals surface area contributed by atoms with Crippen LogP contribution in [0.25, 0.3) is 0 Å². The number of aliphatic imine (C=N–C) groups is 1. The van der Waals surface area contributed by atoms with E-state index in [4.69, 9.17) is 15.2 Å². The van der Waals surface area contributed by atoms with Crippen molar-refractivity contribution in [2.24, 2.45) is 10.7 Å². The van der Waals surface area contributed by atoms with Gasteiger partial charge in [-0.05, 0) is 48.7 Å². The molecule has 0 aromatic heterocycles. The van der Waals surface area contributed by atoms with Crippen LogP contribution in [-0.4, -0.2) is 38.7 Å². The first-order valence-electron chi connectivity index (χ1n) is 9.74. The number of nitrogens with two attached hydrogens (primary N) is 1. The first-order chi connectivity index (χ1) is 14.1. The van der Waals surface area contributed by atoms with Crippen LogP contribution in [0.5, 0.6) is 5.75 Å². The molecule has 0 heterocycles. The summed E-state index contributed by atoms with van der Waals surface area (Å²) in [6, 6.07) is 15.1. The third-order valence-corrected chi connectivity index (χ3v) is 4.21. The van der Waals surface area contributed by atoms with Crippen LogP contribution in [-0.2, 0) is 17.8 Å². The summed E-state index contributed by atoms with van der Waals surface area (Å²) in [6.45, 7) is 5.21. The number of amides is 1. The van der Waals surface area contributed by atoms with Gasteiger partial charge in [0.25, 0.3) is 0 Å². The van der Waals surface area contributed by atoms with E-state index >= 15 is 0 Å². The lowest BCUT2D eigenvalue weighted by atomic mass is 10.1. The van der Waals surface area contributed by atoms with Gasteiger partial charge in [0.2, 0.25) is 5.91 Å². The molecule has 29 heavy (non-hydrogen) atoms. The smallest absolute Gasteiger partial charge is 0.248 e. The van der Waals surface area contributed by atoms with E-state index < -0.39 is 5.91 Å². The highest BCUT2D eigenvalue weighted by molar-refractivity contribution is 5.92. The van der Waals surface area contributed by atoms with Crippen molar-refractivity contribution < 1.29 is 14.3 Å². The van der Waals surface area contributed by atoms with E-state index in [0.29, 0.717) is 37.8 Å². The molecule has 0 saturated carbocycles. The molecule has 0 saturated heterocycles. The van der Waals surface area contributed by atoms with Crippen molar-refractivity contribution >= 4 is 11.9 Å². The predicted octanol–water partition coefficient (Wildman–Crippen LogP) is 2.46. The first kappa shape index (κ1) is 22.2. The third kappa shape index (κ3) is 8.23. The van der Waals surface area contributed by atoms with Crippen molar-refractivity contribution in [3.8, 4) is 5.75 Å². The van der Waals surface area contributed by atoms with Crippen LogP contribution < -0.4 is 21.1 Å². The number of ether oxygens (including phenoxy) is 2. The molecule has 0 aliphatic heterocycles. The largest absolute Gasteiger partial charge is 0.497 e. The Morgan fingerprint density at radius 2 is 1.90 bits per heavy atom. The highest BCUT2D eigenvalue weighted by Gasteiger charge is 2.03. The molecule has 2 rings (SSSR count). The monoisotopic (exact) mass is 398 g/mol. The van der Waals surface area contributed by atoms with Gasteiger partial charge in [0.15, 0.2) is 5.96 Å². The second-order valence-corrected chi connectivity index (χ2v) is 6.41. The van der Waals surface area contributed by atoms with Gasteiger partial charge in [-0.2, -0.15) is 0 Å². The lowest BCUT2D eigenvalue weighted by Gasteiger charge is -2.13. The van der Waals surface area contributed by atoms with Gasteiger partial charge in [0, 0.05) is 31.9 Å². The summed E-state index contributed by atoms with van der Waals surface area (Å²) in [4.78, 5) is 16.0. The molecule has 0 bridgehead atoms. The Hall–Kier alpha value is -3.06. The summed E-state index contributed by atoms with van der Waals surface area (Å²) < 4.78 is 10.6. The van der Waals surface area contributed by atoms with Crippen LogP contribution in [0, 0.1) is 0 Å². The molecule has 2 aromatic carbocycles. The second kappa shape index (κ2) is 12.4. The normalized spacial score (nSPS) is 11.2. The molecule has 2 aromatic rings. The maximum Gasteiger partial charge on any atom is 0.248 e. The number of nitrogens with zero attached hydrogens (tertiary/aromatic N) is 1. The van der Waals surface area contributed by atoms with E-state index in [9.17, 15) is 4.79 Å². The van der Waals surface area contributed by atoms with Crippen LogP contribution in [0.4, 0.5) is 0 Å². The number of methoxy groups -OCH3 is 1. The molecule has 0 radical (unpaired) electrons. The Morgan fingerprint density at radius 1 is 1.10 bits per heavy atom. The molecule has 156 valence electrons. The molecule has 0 spiro atoms. The summed E-state index contributed by atoms with van der Waals surface area (Å²) in [6.07, 6.45) is 0.883. The number of carbonyl (C=O) groups is 1. The van der Waals surface area contributed by atoms with Crippen molar-refractivity contribution in [2.45, 2.75) is 26.4 Å². The Morgan fingerprint density at radius 3 is 2.59 bits per heavy atom. The maximum absolute atomic E-state index is 11.4. The Bertz CT molecular complexity index is 791. The minimum absolute atomic E-state index is 0.435. The van der Waals surface area contributed by atoms with Gasteiger partial charge in [0.1, 0.15) is 5.75 Å². The van der Waals surface area contributed by atoms with Gasteiger partial charge in [-0.3, -0.25) is 4.79 Å². The minimum atomic E-state index is -0.442. The molecular weight excluding hydrogens is 368 g/mol. The van der Waals surface area contributed by atoms with Gasteiger partial charge >= 0.3 is 0 Å². The van der Waals surface area contributed by atoms with Crippen LogP contribution in [0.15, 0.2) is 53.5 Å². The number of rotatable bonds is 11. The van der Waals surface area contributed by atoms with E-state index in [1.165, 1.54) is 0 Å². The highest BCUT2D eigenvalue weighted by Crippen LogP contribution is 2.11. The molecule has 0 aliphatic rings. The average Bonchev–Trinajstić information content (AvgIpc) is 2.75. The van der Waals surface area contributed by atoms with Crippen molar-refractivity contribution in [2.75, 3.05) is 26.9 Å². The SMILES string of the molecule is CCOCCCNC(=NCc1cccc(C(N)=O)c1)NCc1ccc(OC)cc1. The van der Waals surface area contributed by atoms with Crippen LogP contribution in [0.2, 0.25) is 0 Å². The fourth-order valence-corrected chi connectivity index (χ4v) is 2.62. The number of nitrogens with one attached hydrogen (secondary N) is 2. The average molecular weight is 399 g/mol. The number of benzene rings is 2. The van der Waals surface area contributed by atoms with Crippen molar-refractivity contribution in [1.29, 1.82) is 0 Å². The molecule has 0 aliphatic carbocycles. The molecule has 0 unspecified atom stereocenters. The molecular formula is C22H30N4O3. The minimum Gasteiger partial charge on any atom is -0.497 e. The van der Waals surface area contributed by atoms with Crippen LogP contribution >= 0.6 is 0 Å². The van der Waals surface area contributed by atoms with Gasteiger partial charge < -0.3 is 25.8 Å². The summed E-state index contributed by atoms with van der Waals surface area (Å²) in [7, 11) is 1.65. The quantitative estimate of drug-likeness (QED) is 0.307. The Labute approximate surface area is 172 Å². The van der Waals surface area contributed by atoms with Crippen molar-refractivity contribution in [3.63, 3.8) is 0 Å². The summed E-state index contributed by atoms with van der Waals surface area (Å²) in [5, 5.41) is 6.66. The zero-order chi connectivity index (χ0) is 20.9. The number of primary amides is 1. The molecule has 4 N–H and O–H groups in total. The van der Waals surface area contributed by atoms with Crippen molar-refractivity contribution in [1.82, 2.24) is 10.6 Å². The lowest BCUT2D eigenvalue weighted by molar-refractivity contribution is 0.1000. The van der Waals surface area contributed by atoms with Gasteiger partial charge in [-0.15, -0.1) is 0 Å². The molecule has 0 fully saturated rings. The lowest BCUT2D eigenvalue weighted by Crippen LogP contribution is -2.37. The fourth-order valence-electron chi connectivity index (χ4n) is 2.62. The van der Waals surface area contributed by atoms with Gasteiger partial charge in [0.05, 0.1) is 13.7 Å². The molecule has 7 nitrogen and oxygen atoms in total. The fraction of sp³-hybridized carbons (Fsp3) is 0.364. The van der Waals surface area contributed by atoms with E-state index in [-0.39, 0.29) is 0 Å². The zero-order valence-corrected chi connectivity index (χ0v) is 17.1. The number of hydrogen-bond acceptors (Lipinski definition) is 4. The standard InChI is InChI=1S/C22H30N4O3/c1-3-29-13-5-12-24-22(25-15-17-8-10-20(28-2)11-9-17)26-16-18-6-4-7-19(14-18)21(23)27/h4,6-11,14H,3,5,12-13,15-16H2,1-2H3,(H2,23,27)(H2,24,25,26). The predicted molar refractivity (Wildman–Crippen MR) is 115 cm³/mol. The molecule has 7 heteroatoms. The maximum atomic E-state index is 11.4. The molecule has 1 amide bonds. The number of carbonyl (C=O) groups excluding carboxylic acids is 1. The second-order valence-electron chi connectivity index (χ2n) is 6.41. The summed E-state index contributed by atoms with van der Waals surface area (Å²) in [5.41, 5.74) is 7.87. The van der Waals surface area contributed by atoms with Crippen LogP contribution in [0.3, 0.4) is 0 Å². The van der Waals surface area contributed by atoms with E-state index in [1.807, 2.05) is 43.3 Å². The number of guanidine groups is 1. The van der Waals surface area contributed by atoms with Gasteiger partial charge in [-0.1, -0.05) is 24.3 Å². The molecule has 0 atom stereocenters. The van der Waals surface area contributed by atoms with Crippen LogP contribution in [0.1, 0.15) is 34.8 Å². The highest BCUT2D eigenvalue weighted by atomic mass is 16.5. The van der Waals surface area contributed by atoms with Gasteiger partial charge in [-0.25, -0.2) is 4.99 Å². The summed E-state index contributed by atoms with van der Waals surface area (Å²) >= 11 is 0. The zero-order valence-electron chi connectivity index (χ0n) is 17.1. The topological polar surface area (TPSA) is 98.0 Å².